The molecule has 4 aromatic rings. The normalized spacial score (nSPS) is 12.0. The van der Waals surface area contributed by atoms with Crippen LogP contribution in [0.5, 0.6) is 0 Å². The Balaban J connectivity index is 1.48. The molecule has 0 bridgehead atoms. The number of aromatic nitrogens is 5. The van der Waals surface area contributed by atoms with Crippen molar-refractivity contribution in [3.8, 4) is 17.1 Å². The lowest BCUT2D eigenvalue weighted by atomic mass is 10.1. The summed E-state index contributed by atoms with van der Waals surface area (Å²) < 4.78 is 3.27. The number of aromatic amines is 1. The number of amides is 1. The quantitative estimate of drug-likeness (QED) is 0.405. The van der Waals surface area contributed by atoms with Gasteiger partial charge in [0.15, 0.2) is 5.82 Å². The molecular weight excluding hydrogens is 436 g/mol. The Morgan fingerprint density at radius 2 is 1.85 bits per heavy atom. The number of benzene rings is 2. The van der Waals surface area contributed by atoms with Crippen molar-refractivity contribution in [3.05, 3.63) is 76.2 Å². The van der Waals surface area contributed by atoms with Crippen molar-refractivity contribution in [2.45, 2.75) is 37.6 Å². The van der Waals surface area contributed by atoms with Gasteiger partial charge in [0, 0.05) is 12.6 Å². The number of thioether (sulfide) groups is 1. The van der Waals surface area contributed by atoms with Gasteiger partial charge in [0.05, 0.1) is 16.6 Å². The summed E-state index contributed by atoms with van der Waals surface area (Å²) in [7, 11) is 1.79. The molecule has 33 heavy (non-hydrogen) atoms. The van der Waals surface area contributed by atoms with E-state index in [-0.39, 0.29) is 17.2 Å². The van der Waals surface area contributed by atoms with Crippen LogP contribution in [0.15, 0.2) is 64.5 Å². The second kappa shape index (κ2) is 9.50. The maximum absolute atomic E-state index is 13.0. The topological polar surface area (TPSA) is 97.6 Å². The molecule has 1 unspecified atom stereocenters. The van der Waals surface area contributed by atoms with Crippen LogP contribution >= 0.6 is 11.8 Å². The van der Waals surface area contributed by atoms with Crippen molar-refractivity contribution in [1.82, 2.24) is 24.5 Å². The van der Waals surface area contributed by atoms with Gasteiger partial charge in [0.25, 0.3) is 5.56 Å². The maximum atomic E-state index is 13.0. The van der Waals surface area contributed by atoms with Crippen LogP contribution in [0, 0.1) is 6.92 Å². The average Bonchev–Trinajstić information content (AvgIpc) is 3.38. The summed E-state index contributed by atoms with van der Waals surface area (Å²) in [6, 6.07) is 17.4. The predicted octanol–water partition coefficient (Wildman–Crippen LogP) is 3.95. The van der Waals surface area contributed by atoms with Gasteiger partial charge in [-0.2, -0.15) is 0 Å². The van der Waals surface area contributed by atoms with Gasteiger partial charge in [-0.1, -0.05) is 61.2 Å². The van der Waals surface area contributed by atoms with E-state index in [0.717, 1.165) is 17.7 Å². The fourth-order valence-corrected chi connectivity index (χ4v) is 4.20. The number of carbonyl (C=O) groups is 1. The first kappa shape index (κ1) is 22.6. The number of nitrogens with one attached hydrogen (secondary N) is 2. The van der Waals surface area contributed by atoms with Gasteiger partial charge in [0.2, 0.25) is 11.1 Å². The van der Waals surface area contributed by atoms with Crippen molar-refractivity contribution >= 4 is 23.4 Å². The molecule has 0 fully saturated rings. The molecule has 170 valence electrons. The Labute approximate surface area is 196 Å². The van der Waals surface area contributed by atoms with E-state index in [0.29, 0.717) is 16.7 Å². The van der Waals surface area contributed by atoms with Gasteiger partial charge < -0.3 is 5.32 Å². The molecular formula is C24H26N6O2S. The van der Waals surface area contributed by atoms with Crippen molar-refractivity contribution in [2.75, 3.05) is 5.32 Å². The molecule has 4 rings (SSSR count). The zero-order valence-corrected chi connectivity index (χ0v) is 19.8. The third-order valence-corrected chi connectivity index (χ3v) is 6.52. The molecule has 0 saturated carbocycles. The number of anilines is 1. The minimum atomic E-state index is -0.500. The fourth-order valence-electron chi connectivity index (χ4n) is 3.48. The fraction of sp³-hybridized carbons (Fsp3) is 0.250. The lowest BCUT2D eigenvalue weighted by Crippen LogP contribution is -2.27. The number of aryl methyl sites for hydroxylation is 1. The highest BCUT2D eigenvalue weighted by atomic mass is 32.2. The SMILES string of the molecule is CCc1ccc(-c2nc(SC(C)C(=O)Nc3c(C)n(C)n(-c4ccccc4)c3=O)n[nH]2)cc1. The molecule has 1 amide bonds. The molecule has 0 spiro atoms. The molecule has 0 aliphatic heterocycles. The molecule has 0 aliphatic carbocycles. The molecule has 8 nitrogen and oxygen atoms in total. The van der Waals surface area contributed by atoms with Gasteiger partial charge in [-0.3, -0.25) is 19.4 Å². The molecule has 2 aromatic heterocycles. The van der Waals surface area contributed by atoms with Crippen molar-refractivity contribution in [3.63, 3.8) is 0 Å². The highest BCUT2D eigenvalue weighted by Crippen LogP contribution is 2.24. The summed E-state index contributed by atoms with van der Waals surface area (Å²) >= 11 is 1.23. The molecule has 0 saturated heterocycles. The highest BCUT2D eigenvalue weighted by molar-refractivity contribution is 8.00. The monoisotopic (exact) mass is 462 g/mol. The van der Waals surface area contributed by atoms with Crippen LogP contribution in [0.25, 0.3) is 17.1 Å². The number of carbonyl (C=O) groups excluding carboxylic acids is 1. The van der Waals surface area contributed by atoms with Crippen LogP contribution in [0.2, 0.25) is 0 Å². The lowest BCUT2D eigenvalue weighted by Gasteiger charge is -2.09. The zero-order chi connectivity index (χ0) is 23.5. The first-order valence-corrected chi connectivity index (χ1v) is 11.6. The molecule has 9 heteroatoms. The van der Waals surface area contributed by atoms with Gasteiger partial charge >= 0.3 is 0 Å². The summed E-state index contributed by atoms with van der Waals surface area (Å²) in [5.41, 5.74) is 3.58. The Morgan fingerprint density at radius 3 is 2.52 bits per heavy atom. The van der Waals surface area contributed by atoms with Crippen LogP contribution in [0.4, 0.5) is 5.69 Å². The first-order chi connectivity index (χ1) is 15.9. The molecule has 2 aromatic carbocycles. The number of H-pyrrole nitrogens is 1. The Morgan fingerprint density at radius 1 is 1.15 bits per heavy atom. The van der Waals surface area contributed by atoms with Gasteiger partial charge in [0.1, 0.15) is 5.69 Å². The van der Waals surface area contributed by atoms with E-state index < -0.39 is 5.25 Å². The van der Waals surface area contributed by atoms with Crippen molar-refractivity contribution in [2.24, 2.45) is 7.05 Å². The van der Waals surface area contributed by atoms with Crippen LogP contribution < -0.4 is 10.9 Å². The molecule has 0 aliphatic rings. The van der Waals surface area contributed by atoms with Gasteiger partial charge in [-0.05, 0) is 38.0 Å². The van der Waals surface area contributed by atoms with E-state index in [1.54, 1.807) is 25.6 Å². The van der Waals surface area contributed by atoms with Crippen LogP contribution in [-0.2, 0) is 18.3 Å². The van der Waals surface area contributed by atoms with Gasteiger partial charge in [-0.15, -0.1) is 5.10 Å². The summed E-state index contributed by atoms with van der Waals surface area (Å²) in [5.74, 6) is 0.363. The molecule has 2 N–H and O–H groups in total. The summed E-state index contributed by atoms with van der Waals surface area (Å²) in [6.07, 6.45) is 0.974. The zero-order valence-electron chi connectivity index (χ0n) is 19.0. The van der Waals surface area contributed by atoms with E-state index in [2.05, 4.69) is 39.6 Å². The number of rotatable bonds is 7. The van der Waals surface area contributed by atoms with Gasteiger partial charge in [-0.25, -0.2) is 9.67 Å². The second-order valence-corrected chi connectivity index (χ2v) is 9.01. The van der Waals surface area contributed by atoms with Crippen molar-refractivity contribution in [1.29, 1.82) is 0 Å². The van der Waals surface area contributed by atoms with Crippen LogP contribution in [0.1, 0.15) is 25.1 Å². The number of hydrogen-bond donors (Lipinski definition) is 2. The predicted molar refractivity (Wildman–Crippen MR) is 131 cm³/mol. The average molecular weight is 463 g/mol. The minimum absolute atomic E-state index is 0.269. The standard InChI is InChI=1S/C24H26N6O2S/c1-5-17-11-13-18(14-12-17)21-26-24(28-27-21)33-16(3)22(31)25-20-15(2)29(4)30(23(20)32)19-9-7-6-8-10-19/h6-14,16H,5H2,1-4H3,(H,25,31)(H,26,27,28). The summed E-state index contributed by atoms with van der Waals surface area (Å²) in [6.45, 7) is 5.68. The Hall–Kier alpha value is -3.59. The van der Waals surface area contributed by atoms with Crippen LogP contribution in [0.3, 0.4) is 0 Å². The largest absolute Gasteiger partial charge is 0.319 e. The number of hydrogen-bond acceptors (Lipinski definition) is 5. The summed E-state index contributed by atoms with van der Waals surface area (Å²) in [5, 5.41) is 9.94. The Bertz CT molecular complexity index is 1320. The molecule has 1 atom stereocenters. The minimum Gasteiger partial charge on any atom is -0.319 e. The van der Waals surface area contributed by atoms with E-state index in [4.69, 9.17) is 0 Å². The van der Waals surface area contributed by atoms with E-state index in [1.165, 1.54) is 22.0 Å². The molecule has 2 heterocycles. The third-order valence-electron chi connectivity index (χ3n) is 5.55. The number of para-hydroxylation sites is 1. The maximum Gasteiger partial charge on any atom is 0.295 e. The third kappa shape index (κ3) is 4.63. The summed E-state index contributed by atoms with van der Waals surface area (Å²) in [4.78, 5) is 30.4. The van der Waals surface area contributed by atoms with Crippen LogP contribution in [-0.4, -0.2) is 35.7 Å². The lowest BCUT2D eigenvalue weighted by molar-refractivity contribution is -0.115. The van der Waals surface area contributed by atoms with Crippen molar-refractivity contribution < 1.29 is 4.79 Å². The first-order valence-electron chi connectivity index (χ1n) is 10.7. The second-order valence-electron chi connectivity index (χ2n) is 7.70. The van der Waals surface area contributed by atoms with E-state index in [1.807, 2.05) is 42.5 Å². The Kier molecular flexibility index (Phi) is 6.50. The molecule has 0 radical (unpaired) electrons. The number of nitrogens with zero attached hydrogens (tertiary/aromatic N) is 4. The van der Waals surface area contributed by atoms with E-state index in [9.17, 15) is 9.59 Å². The smallest absolute Gasteiger partial charge is 0.295 e. The van der Waals surface area contributed by atoms with E-state index >= 15 is 0 Å². The highest BCUT2D eigenvalue weighted by Gasteiger charge is 2.22.